The maximum atomic E-state index is 6.24. The van der Waals surface area contributed by atoms with Crippen molar-refractivity contribution in [3.8, 4) is 0 Å². The number of nitrogens with two attached hydrogens (primary N) is 1. The number of ether oxygens (including phenoxy) is 1. The summed E-state index contributed by atoms with van der Waals surface area (Å²) in [5.41, 5.74) is 7.35. The van der Waals surface area contributed by atoms with Crippen LogP contribution in [0.2, 0.25) is 4.34 Å². The predicted molar refractivity (Wildman–Crippen MR) is 77.2 cm³/mol. The van der Waals surface area contributed by atoms with E-state index >= 15 is 0 Å². The van der Waals surface area contributed by atoms with Crippen LogP contribution in [0.3, 0.4) is 0 Å². The van der Waals surface area contributed by atoms with Crippen LogP contribution in [0, 0.1) is 0 Å². The van der Waals surface area contributed by atoms with E-state index in [1.54, 1.807) is 18.4 Å². The van der Waals surface area contributed by atoms with E-state index in [1.807, 2.05) is 42.5 Å². The number of hydrogen-bond donors (Lipinski definition) is 1. The molecule has 0 fully saturated rings. The van der Waals surface area contributed by atoms with Crippen LogP contribution in [0.1, 0.15) is 16.5 Å². The van der Waals surface area contributed by atoms with Gasteiger partial charge < -0.3 is 10.5 Å². The summed E-state index contributed by atoms with van der Waals surface area (Å²) in [7, 11) is 1.69. The summed E-state index contributed by atoms with van der Waals surface area (Å²) in [4.78, 5) is 1.19. The lowest BCUT2D eigenvalue weighted by Crippen LogP contribution is -2.31. The second-order valence-electron chi connectivity index (χ2n) is 4.14. The van der Waals surface area contributed by atoms with Gasteiger partial charge in [-0.2, -0.15) is 0 Å². The molecular formula is C14H16ClNOS. The summed E-state index contributed by atoms with van der Waals surface area (Å²) in [5.74, 6) is 0. The monoisotopic (exact) mass is 281 g/mol. The minimum atomic E-state index is -0.0907. The molecule has 2 unspecified atom stereocenters. The van der Waals surface area contributed by atoms with Gasteiger partial charge in [-0.25, -0.2) is 0 Å². The van der Waals surface area contributed by atoms with Gasteiger partial charge in [0.25, 0.3) is 0 Å². The predicted octanol–water partition coefficient (Wildman–Crippen LogP) is 3.66. The third-order valence-electron chi connectivity index (χ3n) is 2.84. The van der Waals surface area contributed by atoms with Crippen molar-refractivity contribution in [2.45, 2.75) is 18.6 Å². The zero-order valence-corrected chi connectivity index (χ0v) is 11.7. The third kappa shape index (κ3) is 3.33. The molecule has 0 saturated heterocycles. The van der Waals surface area contributed by atoms with E-state index in [0.717, 1.165) is 16.3 Å². The van der Waals surface area contributed by atoms with E-state index in [0.29, 0.717) is 0 Å². The standard InChI is InChI=1S/C14H16ClNOS/c1-17-14(10-5-3-2-4-6-10)12(16)9-11-7-8-13(15)18-11/h2-8,12,14H,9,16H2,1H3. The summed E-state index contributed by atoms with van der Waals surface area (Å²) in [6.07, 6.45) is 0.678. The van der Waals surface area contributed by atoms with Gasteiger partial charge in [0.05, 0.1) is 10.4 Å². The molecule has 2 atom stereocenters. The molecular weight excluding hydrogens is 266 g/mol. The van der Waals surface area contributed by atoms with Crippen LogP contribution in [0.15, 0.2) is 42.5 Å². The topological polar surface area (TPSA) is 35.2 Å². The van der Waals surface area contributed by atoms with Gasteiger partial charge in [0.15, 0.2) is 0 Å². The molecule has 2 rings (SSSR count). The molecule has 18 heavy (non-hydrogen) atoms. The molecule has 0 bridgehead atoms. The highest BCUT2D eigenvalue weighted by Crippen LogP contribution is 2.26. The van der Waals surface area contributed by atoms with Crippen molar-refractivity contribution in [2.24, 2.45) is 5.73 Å². The fourth-order valence-corrected chi connectivity index (χ4v) is 3.16. The molecule has 2 N–H and O–H groups in total. The molecule has 0 aliphatic heterocycles. The number of halogens is 1. The minimum Gasteiger partial charge on any atom is -0.375 e. The van der Waals surface area contributed by atoms with E-state index in [-0.39, 0.29) is 12.1 Å². The highest BCUT2D eigenvalue weighted by atomic mass is 35.5. The summed E-state index contributed by atoms with van der Waals surface area (Å²) < 4.78 is 6.32. The Morgan fingerprint density at radius 1 is 1.22 bits per heavy atom. The number of hydrogen-bond acceptors (Lipinski definition) is 3. The van der Waals surface area contributed by atoms with Crippen LogP contribution in [0.25, 0.3) is 0 Å². The molecule has 0 aliphatic carbocycles. The molecule has 0 radical (unpaired) electrons. The zero-order valence-electron chi connectivity index (χ0n) is 10.2. The first-order chi connectivity index (χ1) is 8.70. The summed E-state index contributed by atoms with van der Waals surface area (Å²) in [6, 6.07) is 13.9. The fraction of sp³-hybridized carbons (Fsp3) is 0.286. The molecule has 1 heterocycles. The molecule has 2 aromatic rings. The van der Waals surface area contributed by atoms with Gasteiger partial charge >= 0.3 is 0 Å². The van der Waals surface area contributed by atoms with Crippen molar-refractivity contribution in [1.29, 1.82) is 0 Å². The molecule has 1 aromatic heterocycles. The van der Waals surface area contributed by atoms with E-state index in [9.17, 15) is 0 Å². The summed E-state index contributed by atoms with van der Waals surface area (Å²) in [6.45, 7) is 0. The third-order valence-corrected chi connectivity index (χ3v) is 4.09. The van der Waals surface area contributed by atoms with E-state index in [1.165, 1.54) is 4.88 Å². The van der Waals surface area contributed by atoms with Crippen LogP contribution in [0.4, 0.5) is 0 Å². The minimum absolute atomic E-state index is 0.0767. The van der Waals surface area contributed by atoms with Crippen LogP contribution >= 0.6 is 22.9 Å². The Labute approximate surface area is 116 Å². The van der Waals surface area contributed by atoms with Crippen LogP contribution in [0.5, 0.6) is 0 Å². The Bertz CT molecular complexity index is 486. The lowest BCUT2D eigenvalue weighted by molar-refractivity contribution is 0.0805. The van der Waals surface area contributed by atoms with Crippen molar-refractivity contribution in [1.82, 2.24) is 0 Å². The quantitative estimate of drug-likeness (QED) is 0.908. The second-order valence-corrected chi connectivity index (χ2v) is 5.94. The Hall–Kier alpha value is -0.870. The number of rotatable bonds is 5. The van der Waals surface area contributed by atoms with E-state index < -0.39 is 0 Å². The molecule has 4 heteroatoms. The first-order valence-electron chi connectivity index (χ1n) is 5.78. The average molecular weight is 282 g/mol. The van der Waals surface area contributed by atoms with Crippen molar-refractivity contribution in [2.75, 3.05) is 7.11 Å². The van der Waals surface area contributed by atoms with Gasteiger partial charge in [-0.15, -0.1) is 11.3 Å². The molecule has 0 aliphatic rings. The first-order valence-corrected chi connectivity index (χ1v) is 6.97. The molecule has 2 nitrogen and oxygen atoms in total. The second kappa shape index (κ2) is 6.34. The molecule has 0 spiro atoms. The smallest absolute Gasteiger partial charge is 0.0975 e. The largest absolute Gasteiger partial charge is 0.375 e. The maximum Gasteiger partial charge on any atom is 0.0975 e. The van der Waals surface area contributed by atoms with Gasteiger partial charge in [-0.3, -0.25) is 0 Å². The number of thiophene rings is 1. The van der Waals surface area contributed by atoms with Crippen molar-refractivity contribution < 1.29 is 4.74 Å². The van der Waals surface area contributed by atoms with Gasteiger partial charge in [0.2, 0.25) is 0 Å². The Kier molecular flexibility index (Phi) is 4.78. The Balaban J connectivity index is 2.08. The van der Waals surface area contributed by atoms with E-state index in [4.69, 9.17) is 22.1 Å². The summed E-state index contributed by atoms with van der Waals surface area (Å²) in [5, 5.41) is 0. The SMILES string of the molecule is COC(c1ccccc1)C(N)Cc1ccc(Cl)s1. The molecule has 0 saturated carbocycles. The van der Waals surface area contributed by atoms with Gasteiger partial charge in [-0.1, -0.05) is 41.9 Å². The number of methoxy groups -OCH3 is 1. The molecule has 1 aromatic carbocycles. The van der Waals surface area contributed by atoms with Crippen LogP contribution in [-0.4, -0.2) is 13.2 Å². The first kappa shape index (κ1) is 13.6. The Morgan fingerprint density at radius 2 is 1.94 bits per heavy atom. The van der Waals surface area contributed by atoms with Crippen LogP contribution in [-0.2, 0) is 11.2 Å². The van der Waals surface area contributed by atoms with Crippen molar-refractivity contribution in [3.63, 3.8) is 0 Å². The normalized spacial score (nSPS) is 14.4. The van der Waals surface area contributed by atoms with Gasteiger partial charge in [0, 0.05) is 18.0 Å². The van der Waals surface area contributed by atoms with E-state index in [2.05, 4.69) is 0 Å². The van der Waals surface area contributed by atoms with Crippen molar-refractivity contribution >= 4 is 22.9 Å². The lowest BCUT2D eigenvalue weighted by Gasteiger charge is -2.22. The lowest BCUT2D eigenvalue weighted by atomic mass is 10.00. The zero-order chi connectivity index (χ0) is 13.0. The maximum absolute atomic E-state index is 6.24. The van der Waals surface area contributed by atoms with Crippen molar-refractivity contribution in [3.05, 3.63) is 57.2 Å². The average Bonchev–Trinajstić information content (AvgIpc) is 2.77. The molecule has 0 amide bonds. The van der Waals surface area contributed by atoms with Gasteiger partial charge in [0.1, 0.15) is 0 Å². The highest BCUT2D eigenvalue weighted by molar-refractivity contribution is 7.16. The number of benzene rings is 1. The van der Waals surface area contributed by atoms with Crippen LogP contribution < -0.4 is 5.73 Å². The molecule has 96 valence electrons. The van der Waals surface area contributed by atoms with Gasteiger partial charge in [-0.05, 0) is 24.1 Å². The fourth-order valence-electron chi connectivity index (χ4n) is 2.00. The summed E-state index contributed by atoms with van der Waals surface area (Å²) >= 11 is 7.49. The highest BCUT2D eigenvalue weighted by Gasteiger charge is 2.20. The Morgan fingerprint density at radius 3 is 2.50 bits per heavy atom.